The summed E-state index contributed by atoms with van der Waals surface area (Å²) in [7, 11) is -2.90. The van der Waals surface area contributed by atoms with Crippen LogP contribution in [0.15, 0.2) is 48.5 Å². The van der Waals surface area contributed by atoms with Crippen molar-refractivity contribution in [3.05, 3.63) is 70.8 Å². The third-order valence-electron chi connectivity index (χ3n) is 15.7. The maximum absolute atomic E-state index is 2.94. The fourth-order valence-corrected chi connectivity index (χ4v) is 27.2. The van der Waals surface area contributed by atoms with Crippen LogP contribution in [0.4, 0.5) is 0 Å². The molecule has 2 aromatic carbocycles. The lowest BCUT2D eigenvalue weighted by Gasteiger charge is -2.53. The quantitative estimate of drug-likeness (QED) is 0.258. The Kier molecular flexibility index (Phi) is 9.79. The molecule has 10 unspecified atom stereocenters. The highest BCUT2D eigenvalue weighted by Crippen LogP contribution is 2.67. The van der Waals surface area contributed by atoms with Crippen molar-refractivity contribution in [3.8, 4) is 0 Å². The molecule has 0 aromatic heterocycles. The molecule has 47 heavy (non-hydrogen) atoms. The number of benzene rings is 2. The maximum atomic E-state index is 2.94. The molecule has 0 amide bonds. The highest BCUT2D eigenvalue weighted by Gasteiger charge is 2.61. The molecule has 4 aliphatic rings. The Morgan fingerprint density at radius 2 is 1.34 bits per heavy atom. The third kappa shape index (κ3) is 6.71. The number of fused-ring (bicyclic) bond motifs is 2. The van der Waals surface area contributed by atoms with E-state index in [0.29, 0.717) is 5.92 Å². The molecular formula is C45H72Si2. The molecule has 2 heteroatoms. The minimum atomic E-state index is -1.48. The molecule has 0 radical (unpaired) electrons. The van der Waals surface area contributed by atoms with E-state index in [2.05, 4.69) is 130 Å². The van der Waals surface area contributed by atoms with E-state index < -0.39 is 15.2 Å². The van der Waals surface area contributed by atoms with E-state index in [-0.39, 0.29) is 10.8 Å². The summed E-state index contributed by atoms with van der Waals surface area (Å²) in [6.07, 6.45) is 13.5. The van der Waals surface area contributed by atoms with Crippen LogP contribution in [0.25, 0.3) is 0 Å². The van der Waals surface area contributed by atoms with Crippen molar-refractivity contribution < 1.29 is 0 Å². The summed E-state index contributed by atoms with van der Waals surface area (Å²) in [5.41, 5.74) is 8.87. The first-order chi connectivity index (χ1) is 21.9. The zero-order chi connectivity index (χ0) is 34.1. The normalized spacial score (nSPS) is 33.9. The SMILES string of the molecule is CC(CC1CCC([Si](C)(C)[Si](C)(C)C2C(C)CC3C2CC2CCCC2C3c2cc(C(C)(C)C)cc(C(C)(C)C)c2)C1)c1ccccc1. The molecule has 4 aliphatic carbocycles. The van der Waals surface area contributed by atoms with Gasteiger partial charge in [0.25, 0.3) is 0 Å². The van der Waals surface area contributed by atoms with E-state index in [1.807, 2.05) is 0 Å². The number of hydrogen-bond donors (Lipinski definition) is 0. The summed E-state index contributed by atoms with van der Waals surface area (Å²) in [6, 6.07) is 19.4. The fraction of sp³-hybridized carbons (Fsp3) is 0.733. The first-order valence-electron chi connectivity index (χ1n) is 20.1. The minimum Gasteiger partial charge on any atom is -0.0711 e. The molecule has 4 saturated carbocycles. The molecular weight excluding hydrogens is 597 g/mol. The molecule has 0 spiro atoms. The Balaban J connectivity index is 1.28. The van der Waals surface area contributed by atoms with E-state index in [1.54, 1.807) is 28.7 Å². The van der Waals surface area contributed by atoms with Gasteiger partial charge in [-0.3, -0.25) is 0 Å². The predicted octanol–water partition coefficient (Wildman–Crippen LogP) is 13.7. The second-order valence-corrected chi connectivity index (χ2v) is 37.0. The van der Waals surface area contributed by atoms with E-state index in [9.17, 15) is 0 Å². The molecule has 6 rings (SSSR count). The van der Waals surface area contributed by atoms with Crippen LogP contribution in [-0.4, -0.2) is 15.2 Å². The van der Waals surface area contributed by atoms with Gasteiger partial charge in [-0.1, -0.05) is 162 Å². The van der Waals surface area contributed by atoms with Gasteiger partial charge >= 0.3 is 0 Å². The van der Waals surface area contributed by atoms with Gasteiger partial charge in [0.05, 0.1) is 0 Å². The molecule has 2 aromatic rings. The second kappa shape index (κ2) is 12.9. The summed E-state index contributed by atoms with van der Waals surface area (Å²) in [4.78, 5) is 0. The molecule has 0 nitrogen and oxygen atoms in total. The zero-order valence-electron chi connectivity index (χ0n) is 32.8. The predicted molar refractivity (Wildman–Crippen MR) is 212 cm³/mol. The lowest BCUT2D eigenvalue weighted by molar-refractivity contribution is 0.121. The standard InChI is InChI=1S/C45H72Si2/c1-30(33-17-14-13-15-18-33)23-32-21-22-38(25-32)46(9,10)47(11,12)43-31(2)24-40-41(43)28-34-19-16-20-39(34)42(40)35-26-36(44(3,4)5)29-37(27-35)45(6,7)8/h13-15,17-18,26-27,29-32,34,38-43H,16,19-25,28H2,1-12H3. The maximum Gasteiger partial charge on any atom is 0.0451 e. The smallest absolute Gasteiger partial charge is 0.0451 e. The summed E-state index contributed by atoms with van der Waals surface area (Å²) in [6.45, 7) is 31.5. The molecule has 260 valence electrons. The lowest BCUT2D eigenvalue weighted by Crippen LogP contribution is -2.62. The first-order valence-corrected chi connectivity index (χ1v) is 27.3. The van der Waals surface area contributed by atoms with Crippen LogP contribution >= 0.6 is 0 Å². The molecule has 4 fully saturated rings. The van der Waals surface area contributed by atoms with Gasteiger partial charge < -0.3 is 0 Å². The fourth-order valence-electron chi connectivity index (χ4n) is 12.4. The van der Waals surface area contributed by atoms with Gasteiger partial charge in [-0.25, -0.2) is 0 Å². The van der Waals surface area contributed by atoms with Crippen molar-refractivity contribution in [2.45, 2.75) is 173 Å². The van der Waals surface area contributed by atoms with Crippen LogP contribution < -0.4 is 0 Å². The Morgan fingerprint density at radius 1 is 0.702 bits per heavy atom. The average molecular weight is 669 g/mol. The van der Waals surface area contributed by atoms with Crippen molar-refractivity contribution in [2.24, 2.45) is 35.5 Å². The lowest BCUT2D eigenvalue weighted by atomic mass is 9.61. The van der Waals surface area contributed by atoms with Crippen molar-refractivity contribution in [3.63, 3.8) is 0 Å². The molecule has 0 bridgehead atoms. The van der Waals surface area contributed by atoms with Crippen molar-refractivity contribution in [2.75, 3.05) is 0 Å². The second-order valence-electron chi connectivity index (χ2n) is 20.9. The van der Waals surface area contributed by atoms with Gasteiger partial charge in [0.15, 0.2) is 0 Å². The van der Waals surface area contributed by atoms with Crippen LogP contribution in [0.3, 0.4) is 0 Å². The van der Waals surface area contributed by atoms with Crippen LogP contribution in [0.2, 0.25) is 37.3 Å². The summed E-state index contributed by atoms with van der Waals surface area (Å²) < 4.78 is 0. The molecule has 0 aliphatic heterocycles. The van der Waals surface area contributed by atoms with Crippen molar-refractivity contribution in [1.29, 1.82) is 0 Å². The van der Waals surface area contributed by atoms with Gasteiger partial charge in [0.2, 0.25) is 0 Å². The topological polar surface area (TPSA) is 0 Å². The van der Waals surface area contributed by atoms with Crippen LogP contribution in [0.1, 0.15) is 147 Å². The minimum absolute atomic E-state index is 0.188. The zero-order valence-corrected chi connectivity index (χ0v) is 34.8. The van der Waals surface area contributed by atoms with E-state index in [0.717, 1.165) is 52.5 Å². The molecule has 0 saturated heterocycles. The monoisotopic (exact) mass is 669 g/mol. The molecule has 0 N–H and O–H groups in total. The summed E-state index contributed by atoms with van der Waals surface area (Å²) in [5.74, 6) is 7.07. The van der Waals surface area contributed by atoms with E-state index in [1.165, 1.54) is 51.4 Å². The molecule has 10 atom stereocenters. The Bertz CT molecular complexity index is 1340. The largest absolute Gasteiger partial charge is 0.0711 e. The number of rotatable bonds is 7. The Morgan fingerprint density at radius 3 is 1.96 bits per heavy atom. The molecule has 0 heterocycles. The van der Waals surface area contributed by atoms with Crippen LogP contribution in [-0.2, 0) is 10.8 Å². The summed E-state index contributed by atoms with van der Waals surface area (Å²) >= 11 is 0. The highest BCUT2D eigenvalue weighted by molar-refractivity contribution is 7.41. The van der Waals surface area contributed by atoms with E-state index >= 15 is 0 Å². The Hall–Kier alpha value is -1.13. The average Bonchev–Trinajstić information content (AvgIpc) is 3.73. The van der Waals surface area contributed by atoms with Gasteiger partial charge in [-0.15, -0.1) is 0 Å². The summed E-state index contributed by atoms with van der Waals surface area (Å²) in [5, 5.41) is 0. The van der Waals surface area contributed by atoms with Gasteiger partial charge in [-0.05, 0) is 117 Å². The third-order valence-corrected chi connectivity index (χ3v) is 36.4. The highest BCUT2D eigenvalue weighted by atomic mass is 29.3. The van der Waals surface area contributed by atoms with Gasteiger partial charge in [0, 0.05) is 15.2 Å². The Labute approximate surface area is 293 Å². The van der Waals surface area contributed by atoms with Crippen molar-refractivity contribution in [1.82, 2.24) is 0 Å². The first kappa shape index (κ1) is 35.7. The van der Waals surface area contributed by atoms with Crippen LogP contribution in [0.5, 0.6) is 0 Å². The van der Waals surface area contributed by atoms with Gasteiger partial charge in [-0.2, -0.15) is 0 Å². The van der Waals surface area contributed by atoms with Gasteiger partial charge in [0.1, 0.15) is 0 Å². The van der Waals surface area contributed by atoms with Crippen LogP contribution in [0, 0.1) is 35.5 Å². The van der Waals surface area contributed by atoms with E-state index in [4.69, 9.17) is 0 Å². The number of hydrogen-bond acceptors (Lipinski definition) is 0. The van der Waals surface area contributed by atoms with Crippen molar-refractivity contribution >= 4 is 15.2 Å².